The molecule has 2 aliphatic rings. The number of piperidine rings is 1. The van der Waals surface area contributed by atoms with Gasteiger partial charge in [0, 0.05) is 18.7 Å². The van der Waals surface area contributed by atoms with Gasteiger partial charge in [-0.25, -0.2) is 0 Å². The van der Waals surface area contributed by atoms with Crippen LogP contribution in [0.5, 0.6) is 0 Å². The van der Waals surface area contributed by atoms with Crippen LogP contribution >= 0.6 is 0 Å². The number of amides is 1. The number of carbonyl (C=O) groups is 2. The van der Waals surface area contributed by atoms with Crippen LogP contribution in [0.4, 0.5) is 0 Å². The van der Waals surface area contributed by atoms with Gasteiger partial charge in [-0.1, -0.05) is 78.7 Å². The monoisotopic (exact) mass is 399 g/mol. The Balaban J connectivity index is 1.50. The second-order valence-electron chi connectivity index (χ2n) is 7.89. The third-order valence-corrected chi connectivity index (χ3v) is 6.00. The molecule has 4 rings (SSSR count). The first-order valence-electron chi connectivity index (χ1n) is 10.4. The zero-order chi connectivity index (χ0) is 20.9. The number of likely N-dealkylation sites (tertiary alicyclic amines) is 1. The largest absolute Gasteiger partial charge is 0.444 e. The van der Waals surface area contributed by atoms with Gasteiger partial charge in [0.05, 0.1) is 11.8 Å². The fraction of sp³-hybridized carbons (Fsp3) is 0.308. The van der Waals surface area contributed by atoms with Gasteiger partial charge in [-0.3, -0.25) is 9.59 Å². The number of carbonyl (C=O) groups excluding carboxylic acids is 2. The van der Waals surface area contributed by atoms with Crippen LogP contribution in [-0.2, 0) is 20.9 Å². The third-order valence-electron chi connectivity index (χ3n) is 6.00. The summed E-state index contributed by atoms with van der Waals surface area (Å²) in [4.78, 5) is 28.3. The number of nitrogens with zero attached hydrogens (tertiary/aromatic N) is 1. The summed E-state index contributed by atoms with van der Waals surface area (Å²) in [6.07, 6.45) is 10.3. The highest BCUT2D eigenvalue weighted by atomic mass is 16.5. The molecule has 0 aromatic heterocycles. The number of fused-ring (bicyclic) bond motifs is 1. The van der Waals surface area contributed by atoms with Gasteiger partial charge in [-0.2, -0.15) is 0 Å². The topological polar surface area (TPSA) is 46.6 Å². The number of benzene rings is 2. The van der Waals surface area contributed by atoms with Crippen molar-refractivity contribution < 1.29 is 14.3 Å². The van der Waals surface area contributed by atoms with Gasteiger partial charge in [0.2, 0.25) is 5.91 Å². The molecular formula is C26H25NO3. The van der Waals surface area contributed by atoms with Crippen molar-refractivity contribution in [2.24, 2.45) is 17.8 Å². The van der Waals surface area contributed by atoms with Gasteiger partial charge in [-0.05, 0) is 24.3 Å². The molecule has 152 valence electrons. The first-order valence-corrected chi connectivity index (χ1v) is 10.4. The molecule has 1 heterocycles. The van der Waals surface area contributed by atoms with Crippen molar-refractivity contribution in [1.82, 2.24) is 4.90 Å². The lowest BCUT2D eigenvalue weighted by molar-refractivity contribution is -0.161. The van der Waals surface area contributed by atoms with Gasteiger partial charge in [-0.15, -0.1) is 6.42 Å². The SMILES string of the molecule is C#CC(OC(=O)[C@H]1CC=C[C@@H]2CCN(Cc3ccccc3)C(=O)[C@@H]21)c1ccccc1. The molecule has 0 bridgehead atoms. The zero-order valence-electron chi connectivity index (χ0n) is 16.8. The van der Waals surface area contributed by atoms with E-state index < -0.39 is 23.9 Å². The Labute approximate surface area is 177 Å². The van der Waals surface area contributed by atoms with Crippen LogP contribution in [-0.4, -0.2) is 23.3 Å². The van der Waals surface area contributed by atoms with Crippen LogP contribution in [0.25, 0.3) is 0 Å². The van der Waals surface area contributed by atoms with Gasteiger partial charge in [0.15, 0.2) is 6.10 Å². The fourth-order valence-corrected chi connectivity index (χ4v) is 4.45. The second kappa shape index (κ2) is 9.00. The molecule has 2 aromatic rings. The summed E-state index contributed by atoms with van der Waals surface area (Å²) in [5.74, 6) is 1.35. The van der Waals surface area contributed by atoms with Gasteiger partial charge >= 0.3 is 5.97 Å². The first-order chi connectivity index (χ1) is 14.7. The standard InChI is InChI=1S/C26H25NO3/c1-2-23(20-12-7-4-8-13-20)30-26(29)22-15-9-14-21-16-17-27(25(28)24(21)22)18-19-10-5-3-6-11-19/h1,3-14,21-24H,15-18H2/t21-,22+,23?,24+/m1/s1. The maximum Gasteiger partial charge on any atom is 0.311 e. The molecule has 1 aliphatic carbocycles. The maximum atomic E-state index is 13.3. The predicted octanol–water partition coefficient (Wildman–Crippen LogP) is 4.15. The number of esters is 1. The molecule has 4 atom stereocenters. The number of hydrogen-bond acceptors (Lipinski definition) is 3. The summed E-state index contributed by atoms with van der Waals surface area (Å²) in [6.45, 7) is 1.25. The quantitative estimate of drug-likeness (QED) is 0.431. The van der Waals surface area contributed by atoms with E-state index in [0.29, 0.717) is 19.5 Å². The average Bonchev–Trinajstić information content (AvgIpc) is 2.80. The lowest BCUT2D eigenvalue weighted by Crippen LogP contribution is -2.50. The average molecular weight is 399 g/mol. The van der Waals surface area contributed by atoms with E-state index in [9.17, 15) is 9.59 Å². The minimum absolute atomic E-state index is 0.0263. The van der Waals surface area contributed by atoms with Crippen molar-refractivity contribution in [3.63, 3.8) is 0 Å². The van der Waals surface area contributed by atoms with Crippen molar-refractivity contribution in [2.75, 3.05) is 6.54 Å². The molecule has 4 heteroatoms. The third kappa shape index (κ3) is 4.16. The Morgan fingerprint density at radius 2 is 1.83 bits per heavy atom. The summed E-state index contributed by atoms with van der Waals surface area (Å²) < 4.78 is 5.70. The lowest BCUT2D eigenvalue weighted by atomic mass is 9.71. The Kier molecular flexibility index (Phi) is 5.99. The van der Waals surface area contributed by atoms with E-state index in [1.165, 1.54) is 0 Å². The van der Waals surface area contributed by atoms with Crippen LogP contribution in [0.15, 0.2) is 72.8 Å². The molecule has 4 nitrogen and oxygen atoms in total. The molecule has 0 N–H and O–H groups in total. The van der Waals surface area contributed by atoms with Crippen molar-refractivity contribution in [3.05, 3.63) is 83.9 Å². The minimum Gasteiger partial charge on any atom is -0.444 e. The van der Waals surface area contributed by atoms with Crippen molar-refractivity contribution in [2.45, 2.75) is 25.5 Å². The van der Waals surface area contributed by atoms with Crippen molar-refractivity contribution >= 4 is 11.9 Å². The molecule has 0 spiro atoms. The number of terminal acetylenes is 1. The molecule has 1 fully saturated rings. The van der Waals surface area contributed by atoms with E-state index in [0.717, 1.165) is 17.5 Å². The van der Waals surface area contributed by atoms with Gasteiger partial charge in [0.1, 0.15) is 0 Å². The first kappa shape index (κ1) is 20.0. The highest BCUT2D eigenvalue weighted by Gasteiger charge is 2.45. The number of allylic oxidation sites excluding steroid dienone is 2. The predicted molar refractivity (Wildman–Crippen MR) is 115 cm³/mol. The Morgan fingerprint density at radius 1 is 1.13 bits per heavy atom. The summed E-state index contributed by atoms with van der Waals surface area (Å²) in [5, 5.41) is 0. The molecule has 0 saturated carbocycles. The van der Waals surface area contributed by atoms with E-state index in [1.807, 2.05) is 71.6 Å². The summed E-state index contributed by atoms with van der Waals surface area (Å²) >= 11 is 0. The maximum absolute atomic E-state index is 13.3. The molecule has 1 aliphatic heterocycles. The van der Waals surface area contributed by atoms with E-state index in [-0.39, 0.29) is 11.8 Å². The van der Waals surface area contributed by atoms with E-state index in [1.54, 1.807) is 0 Å². The zero-order valence-corrected chi connectivity index (χ0v) is 16.8. The summed E-state index contributed by atoms with van der Waals surface area (Å²) in [7, 11) is 0. The minimum atomic E-state index is -0.748. The second-order valence-corrected chi connectivity index (χ2v) is 7.89. The van der Waals surface area contributed by atoms with Crippen LogP contribution in [0.3, 0.4) is 0 Å². The Hall–Kier alpha value is -3.32. The van der Waals surface area contributed by atoms with E-state index >= 15 is 0 Å². The number of ether oxygens (including phenoxy) is 1. The highest BCUT2D eigenvalue weighted by Crippen LogP contribution is 2.39. The molecule has 2 aromatic carbocycles. The van der Waals surface area contributed by atoms with Gasteiger partial charge in [0.25, 0.3) is 0 Å². The Morgan fingerprint density at radius 3 is 2.53 bits per heavy atom. The summed E-state index contributed by atoms with van der Waals surface area (Å²) in [5.41, 5.74) is 1.85. The lowest BCUT2D eigenvalue weighted by Gasteiger charge is -2.41. The van der Waals surface area contributed by atoms with Crippen LogP contribution < -0.4 is 0 Å². The number of rotatable bonds is 5. The molecule has 0 radical (unpaired) electrons. The van der Waals surface area contributed by atoms with Crippen molar-refractivity contribution in [1.29, 1.82) is 0 Å². The molecule has 1 unspecified atom stereocenters. The fourth-order valence-electron chi connectivity index (χ4n) is 4.45. The van der Waals surface area contributed by atoms with Crippen molar-refractivity contribution in [3.8, 4) is 12.3 Å². The summed E-state index contributed by atoms with van der Waals surface area (Å²) in [6, 6.07) is 19.2. The van der Waals surface area contributed by atoms with E-state index in [2.05, 4.69) is 12.0 Å². The van der Waals surface area contributed by atoms with Crippen LogP contribution in [0.2, 0.25) is 0 Å². The Bertz CT molecular complexity index is 961. The smallest absolute Gasteiger partial charge is 0.311 e. The van der Waals surface area contributed by atoms with Crippen LogP contribution in [0.1, 0.15) is 30.1 Å². The normalized spacial score (nSPS) is 23.9. The van der Waals surface area contributed by atoms with E-state index in [4.69, 9.17) is 11.2 Å². The molecule has 30 heavy (non-hydrogen) atoms. The van der Waals surface area contributed by atoms with Gasteiger partial charge < -0.3 is 9.64 Å². The molecule has 1 amide bonds. The number of hydrogen-bond donors (Lipinski definition) is 0. The molecule has 1 saturated heterocycles. The highest BCUT2D eigenvalue weighted by molar-refractivity contribution is 5.87. The molecular weight excluding hydrogens is 374 g/mol. The van der Waals surface area contributed by atoms with Crippen LogP contribution in [0, 0.1) is 30.1 Å².